The lowest BCUT2D eigenvalue weighted by Gasteiger charge is -2.11. The fourth-order valence-corrected chi connectivity index (χ4v) is 3.01. The van der Waals surface area contributed by atoms with Crippen molar-refractivity contribution >= 4 is 27.3 Å². The van der Waals surface area contributed by atoms with Crippen LogP contribution >= 0.6 is 0 Å². The molecule has 9 heteroatoms. The van der Waals surface area contributed by atoms with E-state index in [1.165, 1.54) is 0 Å². The SMILES string of the molecule is CC(=O)Nc1cc(NS(=O)(=O)c2c(F)cccc2F)ccc1F. The molecule has 2 aromatic rings. The smallest absolute Gasteiger partial charge is 0.267 e. The predicted molar refractivity (Wildman–Crippen MR) is 77.9 cm³/mol. The monoisotopic (exact) mass is 344 g/mol. The third-order valence-corrected chi connectivity index (χ3v) is 4.15. The summed E-state index contributed by atoms with van der Waals surface area (Å²) in [7, 11) is -4.57. The van der Waals surface area contributed by atoms with Crippen molar-refractivity contribution in [1.29, 1.82) is 0 Å². The Kier molecular flexibility index (Phi) is 4.60. The maximum atomic E-state index is 13.6. The van der Waals surface area contributed by atoms with Crippen LogP contribution in [0.25, 0.3) is 0 Å². The van der Waals surface area contributed by atoms with Gasteiger partial charge < -0.3 is 5.32 Å². The minimum Gasteiger partial charge on any atom is -0.324 e. The van der Waals surface area contributed by atoms with Crippen molar-refractivity contribution in [3.8, 4) is 0 Å². The number of nitrogens with one attached hydrogen (secondary N) is 2. The van der Waals surface area contributed by atoms with Gasteiger partial charge in [-0.2, -0.15) is 0 Å². The van der Waals surface area contributed by atoms with Crippen molar-refractivity contribution < 1.29 is 26.4 Å². The van der Waals surface area contributed by atoms with Crippen molar-refractivity contribution in [2.45, 2.75) is 11.8 Å². The molecule has 5 nitrogen and oxygen atoms in total. The zero-order chi connectivity index (χ0) is 17.2. The largest absolute Gasteiger partial charge is 0.324 e. The number of carbonyl (C=O) groups excluding carboxylic acids is 1. The molecule has 23 heavy (non-hydrogen) atoms. The van der Waals surface area contributed by atoms with Gasteiger partial charge in [0.25, 0.3) is 10.0 Å². The zero-order valence-corrected chi connectivity index (χ0v) is 12.5. The van der Waals surface area contributed by atoms with E-state index in [1.807, 2.05) is 4.72 Å². The molecule has 122 valence electrons. The Morgan fingerprint density at radius 1 is 1.00 bits per heavy atom. The number of halogens is 3. The number of benzene rings is 2. The summed E-state index contributed by atoms with van der Waals surface area (Å²) in [6, 6.07) is 5.57. The molecule has 0 saturated heterocycles. The molecule has 0 fully saturated rings. The highest BCUT2D eigenvalue weighted by Gasteiger charge is 2.24. The standard InChI is InChI=1S/C14H11F3N2O3S/c1-8(20)18-13-7-9(5-6-10(13)15)19-23(21,22)14-11(16)3-2-4-12(14)17/h2-7,19H,1H3,(H,18,20). The molecule has 0 radical (unpaired) electrons. The molecule has 0 aliphatic rings. The molecular weight excluding hydrogens is 333 g/mol. The average molecular weight is 344 g/mol. The molecule has 2 rings (SSSR count). The van der Waals surface area contributed by atoms with E-state index in [2.05, 4.69) is 5.32 Å². The van der Waals surface area contributed by atoms with Gasteiger partial charge in [-0.1, -0.05) is 6.07 Å². The van der Waals surface area contributed by atoms with Crippen molar-refractivity contribution in [1.82, 2.24) is 0 Å². The quantitative estimate of drug-likeness (QED) is 0.895. The minimum atomic E-state index is -4.57. The van der Waals surface area contributed by atoms with E-state index in [0.717, 1.165) is 43.3 Å². The second-order valence-corrected chi connectivity index (χ2v) is 6.15. The van der Waals surface area contributed by atoms with Gasteiger partial charge in [0, 0.05) is 6.92 Å². The second kappa shape index (κ2) is 6.29. The second-order valence-electron chi connectivity index (χ2n) is 4.53. The zero-order valence-electron chi connectivity index (χ0n) is 11.7. The molecule has 0 aliphatic heterocycles. The topological polar surface area (TPSA) is 75.3 Å². The Morgan fingerprint density at radius 3 is 2.17 bits per heavy atom. The maximum Gasteiger partial charge on any atom is 0.267 e. The average Bonchev–Trinajstić information content (AvgIpc) is 2.41. The van der Waals surface area contributed by atoms with E-state index in [4.69, 9.17) is 0 Å². The van der Waals surface area contributed by atoms with Gasteiger partial charge in [-0.25, -0.2) is 21.6 Å². The summed E-state index contributed by atoms with van der Waals surface area (Å²) < 4.78 is 66.8. The van der Waals surface area contributed by atoms with Crippen LogP contribution in [0, 0.1) is 17.5 Å². The highest BCUT2D eigenvalue weighted by Crippen LogP contribution is 2.24. The molecule has 0 atom stereocenters. The van der Waals surface area contributed by atoms with Crippen LogP contribution in [0.4, 0.5) is 24.5 Å². The summed E-state index contributed by atoms with van der Waals surface area (Å²) in [6.07, 6.45) is 0. The molecule has 2 aromatic carbocycles. The van der Waals surface area contributed by atoms with Crippen LogP contribution in [0.15, 0.2) is 41.3 Å². The van der Waals surface area contributed by atoms with Crippen molar-refractivity contribution in [2.24, 2.45) is 0 Å². The number of anilines is 2. The van der Waals surface area contributed by atoms with E-state index in [1.54, 1.807) is 0 Å². The van der Waals surface area contributed by atoms with Crippen molar-refractivity contribution in [3.05, 3.63) is 53.8 Å². The van der Waals surface area contributed by atoms with Gasteiger partial charge >= 0.3 is 0 Å². The minimum absolute atomic E-state index is 0.169. The van der Waals surface area contributed by atoms with E-state index in [-0.39, 0.29) is 11.4 Å². The van der Waals surface area contributed by atoms with Crippen LogP contribution in [-0.2, 0) is 14.8 Å². The van der Waals surface area contributed by atoms with Gasteiger partial charge in [0.2, 0.25) is 5.91 Å². The Balaban J connectivity index is 2.40. The Bertz CT molecular complexity index is 849. The summed E-state index contributed by atoms with van der Waals surface area (Å²) >= 11 is 0. The molecule has 2 N–H and O–H groups in total. The molecule has 0 spiro atoms. The van der Waals surface area contributed by atoms with Crippen LogP contribution in [-0.4, -0.2) is 14.3 Å². The molecule has 0 heterocycles. The summed E-state index contributed by atoms with van der Waals surface area (Å²) in [6.45, 7) is 1.14. The first-order chi connectivity index (χ1) is 10.7. The van der Waals surface area contributed by atoms with Crippen LogP contribution in [0.3, 0.4) is 0 Å². The van der Waals surface area contributed by atoms with Gasteiger partial charge in [-0.15, -0.1) is 0 Å². The first-order valence-electron chi connectivity index (χ1n) is 6.24. The van der Waals surface area contributed by atoms with E-state index < -0.39 is 38.3 Å². The Labute approximate surface area is 130 Å². The molecule has 0 aromatic heterocycles. The van der Waals surface area contributed by atoms with Crippen LogP contribution in [0.1, 0.15) is 6.92 Å². The lowest BCUT2D eigenvalue weighted by molar-refractivity contribution is -0.114. The van der Waals surface area contributed by atoms with Gasteiger partial charge in [-0.05, 0) is 30.3 Å². The highest BCUT2D eigenvalue weighted by molar-refractivity contribution is 7.92. The lowest BCUT2D eigenvalue weighted by Crippen LogP contribution is -2.17. The normalized spacial score (nSPS) is 11.1. The number of hydrogen-bond donors (Lipinski definition) is 2. The van der Waals surface area contributed by atoms with Gasteiger partial charge in [-0.3, -0.25) is 9.52 Å². The van der Waals surface area contributed by atoms with Crippen LogP contribution in [0.2, 0.25) is 0 Å². The van der Waals surface area contributed by atoms with E-state index >= 15 is 0 Å². The number of amides is 1. The number of sulfonamides is 1. The van der Waals surface area contributed by atoms with E-state index in [9.17, 15) is 26.4 Å². The maximum absolute atomic E-state index is 13.6. The number of hydrogen-bond acceptors (Lipinski definition) is 3. The Morgan fingerprint density at radius 2 is 1.61 bits per heavy atom. The molecule has 0 aliphatic carbocycles. The number of rotatable bonds is 4. The van der Waals surface area contributed by atoms with Crippen molar-refractivity contribution in [3.63, 3.8) is 0 Å². The molecule has 0 bridgehead atoms. The van der Waals surface area contributed by atoms with Gasteiger partial charge in [0.1, 0.15) is 17.5 Å². The van der Waals surface area contributed by atoms with Gasteiger partial charge in [0.05, 0.1) is 11.4 Å². The lowest BCUT2D eigenvalue weighted by atomic mass is 10.2. The summed E-state index contributed by atoms with van der Waals surface area (Å²) in [4.78, 5) is 9.81. The van der Waals surface area contributed by atoms with Crippen LogP contribution in [0.5, 0.6) is 0 Å². The first kappa shape index (κ1) is 16.8. The van der Waals surface area contributed by atoms with Crippen molar-refractivity contribution in [2.75, 3.05) is 10.0 Å². The third kappa shape index (κ3) is 3.81. The summed E-state index contributed by atoms with van der Waals surface area (Å²) in [5, 5.41) is 2.16. The van der Waals surface area contributed by atoms with Gasteiger partial charge in [0.15, 0.2) is 4.90 Å². The van der Waals surface area contributed by atoms with E-state index in [0.29, 0.717) is 0 Å². The Hall–Kier alpha value is -2.55. The predicted octanol–water partition coefficient (Wildman–Crippen LogP) is 2.86. The summed E-state index contributed by atoms with van der Waals surface area (Å²) in [5.74, 6) is -3.88. The molecule has 0 saturated carbocycles. The fourth-order valence-electron chi connectivity index (χ4n) is 1.82. The molecule has 1 amide bonds. The summed E-state index contributed by atoms with van der Waals surface area (Å²) in [5.41, 5.74) is -0.440. The molecular formula is C14H11F3N2O3S. The first-order valence-corrected chi connectivity index (χ1v) is 7.73. The van der Waals surface area contributed by atoms with Crippen LogP contribution < -0.4 is 10.0 Å². The molecule has 0 unspecified atom stereocenters. The third-order valence-electron chi connectivity index (χ3n) is 2.72. The fraction of sp³-hybridized carbons (Fsp3) is 0.0714. The highest BCUT2D eigenvalue weighted by atomic mass is 32.2. The number of carbonyl (C=O) groups is 1.